The highest BCUT2D eigenvalue weighted by Gasteiger charge is 2.14. The fraction of sp³-hybridized carbons (Fsp3) is 0.150. The van der Waals surface area contributed by atoms with Crippen LogP contribution in [0.25, 0.3) is 10.8 Å². The molecule has 3 rings (SSSR count). The summed E-state index contributed by atoms with van der Waals surface area (Å²) in [6.07, 6.45) is 0. The van der Waals surface area contributed by atoms with Gasteiger partial charge in [-0.1, -0.05) is 12.1 Å². The molecule has 3 aromatic rings. The summed E-state index contributed by atoms with van der Waals surface area (Å²) in [4.78, 5) is 12.7. The molecule has 6 nitrogen and oxygen atoms in total. The van der Waals surface area contributed by atoms with E-state index in [9.17, 15) is 9.90 Å². The van der Waals surface area contributed by atoms with Crippen molar-refractivity contribution in [2.75, 3.05) is 25.6 Å². The molecule has 0 atom stereocenters. The van der Waals surface area contributed by atoms with E-state index < -0.39 is 5.91 Å². The van der Waals surface area contributed by atoms with Gasteiger partial charge >= 0.3 is 0 Å². The van der Waals surface area contributed by atoms with Crippen LogP contribution in [0, 0.1) is 0 Å². The smallest absolute Gasteiger partial charge is 0.259 e. The van der Waals surface area contributed by atoms with Crippen molar-refractivity contribution in [1.82, 2.24) is 0 Å². The number of benzene rings is 3. The second-order valence-corrected chi connectivity index (χ2v) is 5.66. The third-order valence-electron chi connectivity index (χ3n) is 3.94. The molecule has 0 aliphatic heterocycles. The van der Waals surface area contributed by atoms with E-state index in [2.05, 4.69) is 5.32 Å². The van der Waals surface area contributed by atoms with Crippen molar-refractivity contribution in [3.05, 3.63) is 60.2 Å². The number of phenols is 1. The molecule has 0 radical (unpaired) electrons. The van der Waals surface area contributed by atoms with Crippen LogP contribution in [0.2, 0.25) is 0 Å². The van der Waals surface area contributed by atoms with Gasteiger partial charge in [-0.2, -0.15) is 0 Å². The molecule has 0 aromatic heterocycles. The van der Waals surface area contributed by atoms with E-state index in [-0.39, 0.29) is 11.3 Å². The highest BCUT2D eigenvalue weighted by Crippen LogP contribution is 2.29. The lowest BCUT2D eigenvalue weighted by Crippen LogP contribution is -2.14. The predicted molar refractivity (Wildman–Crippen MR) is 101 cm³/mol. The Morgan fingerprint density at radius 3 is 2.69 bits per heavy atom. The van der Waals surface area contributed by atoms with Gasteiger partial charge in [0, 0.05) is 17.6 Å². The van der Waals surface area contributed by atoms with E-state index in [4.69, 9.17) is 15.2 Å². The Balaban J connectivity index is 1.89. The van der Waals surface area contributed by atoms with Crippen molar-refractivity contribution in [3.63, 3.8) is 0 Å². The Morgan fingerprint density at radius 1 is 1.12 bits per heavy atom. The number of hydrogen-bond acceptors (Lipinski definition) is 5. The Labute approximate surface area is 151 Å². The molecule has 4 N–H and O–H groups in total. The van der Waals surface area contributed by atoms with Gasteiger partial charge in [0.15, 0.2) is 0 Å². The zero-order chi connectivity index (χ0) is 18.5. The number of phenolic OH excluding ortho intramolecular Hbond substituents is 1. The van der Waals surface area contributed by atoms with Crippen LogP contribution < -0.4 is 20.5 Å². The minimum absolute atomic E-state index is 0.121. The Morgan fingerprint density at radius 2 is 1.92 bits per heavy atom. The van der Waals surface area contributed by atoms with E-state index in [1.165, 1.54) is 12.1 Å². The SMILES string of the molecule is COc1ccc2c(NC(=O)c3cc(OCCN)ccc3O)cccc2c1. The van der Waals surface area contributed by atoms with E-state index in [0.29, 0.717) is 24.6 Å². The molecule has 0 saturated carbocycles. The van der Waals surface area contributed by atoms with Crippen LogP contribution in [0.4, 0.5) is 5.69 Å². The molecule has 0 heterocycles. The summed E-state index contributed by atoms with van der Waals surface area (Å²) in [5, 5.41) is 14.7. The maximum atomic E-state index is 12.7. The van der Waals surface area contributed by atoms with E-state index >= 15 is 0 Å². The van der Waals surface area contributed by atoms with Gasteiger partial charge in [0.1, 0.15) is 23.9 Å². The third kappa shape index (κ3) is 3.70. The Kier molecular flexibility index (Phi) is 5.24. The van der Waals surface area contributed by atoms with Crippen molar-refractivity contribution in [3.8, 4) is 17.2 Å². The molecule has 0 spiro atoms. The largest absolute Gasteiger partial charge is 0.507 e. The number of methoxy groups -OCH3 is 1. The van der Waals surface area contributed by atoms with Gasteiger partial charge in [0.2, 0.25) is 0 Å². The molecular weight excluding hydrogens is 332 g/mol. The highest BCUT2D eigenvalue weighted by molar-refractivity contribution is 6.10. The van der Waals surface area contributed by atoms with Crippen LogP contribution in [-0.2, 0) is 0 Å². The maximum Gasteiger partial charge on any atom is 0.259 e. The lowest BCUT2D eigenvalue weighted by atomic mass is 10.1. The summed E-state index contributed by atoms with van der Waals surface area (Å²) in [5.74, 6) is 0.665. The first-order chi connectivity index (χ1) is 12.6. The van der Waals surface area contributed by atoms with Crippen LogP contribution in [0.1, 0.15) is 10.4 Å². The summed E-state index contributed by atoms with van der Waals surface area (Å²) in [6.45, 7) is 0.693. The van der Waals surface area contributed by atoms with Gasteiger partial charge in [-0.05, 0) is 47.9 Å². The molecule has 26 heavy (non-hydrogen) atoms. The number of anilines is 1. The van der Waals surface area contributed by atoms with Crippen molar-refractivity contribution in [2.45, 2.75) is 0 Å². The number of fused-ring (bicyclic) bond motifs is 1. The summed E-state index contributed by atoms with van der Waals surface area (Å²) in [7, 11) is 1.61. The topological polar surface area (TPSA) is 93.8 Å². The molecule has 1 amide bonds. The number of aromatic hydroxyl groups is 1. The molecule has 3 aromatic carbocycles. The fourth-order valence-corrected chi connectivity index (χ4v) is 2.65. The molecule has 0 bridgehead atoms. The Bertz CT molecular complexity index is 940. The molecule has 0 saturated heterocycles. The Hall–Kier alpha value is -3.25. The van der Waals surface area contributed by atoms with Crippen LogP contribution in [-0.4, -0.2) is 31.3 Å². The molecular formula is C20H20N2O4. The van der Waals surface area contributed by atoms with E-state index in [1.54, 1.807) is 19.2 Å². The van der Waals surface area contributed by atoms with Gasteiger partial charge in [0.05, 0.1) is 12.7 Å². The molecule has 0 aliphatic carbocycles. The number of rotatable bonds is 6. The van der Waals surface area contributed by atoms with Gasteiger partial charge < -0.3 is 25.6 Å². The van der Waals surface area contributed by atoms with Crippen molar-refractivity contribution in [1.29, 1.82) is 0 Å². The van der Waals surface area contributed by atoms with Gasteiger partial charge in [-0.15, -0.1) is 0 Å². The standard InChI is InChI=1S/C20H20N2O4/c1-25-14-5-7-16-13(11-14)3-2-4-18(16)22-20(24)17-12-15(26-10-9-21)6-8-19(17)23/h2-8,11-12,23H,9-10,21H2,1H3,(H,22,24). The summed E-state index contributed by atoms with van der Waals surface area (Å²) >= 11 is 0. The summed E-state index contributed by atoms with van der Waals surface area (Å²) < 4.78 is 10.6. The highest BCUT2D eigenvalue weighted by atomic mass is 16.5. The van der Waals surface area contributed by atoms with Crippen LogP contribution in [0.3, 0.4) is 0 Å². The second kappa shape index (κ2) is 7.76. The predicted octanol–water partition coefficient (Wildman–Crippen LogP) is 3.14. The molecule has 134 valence electrons. The first-order valence-electron chi connectivity index (χ1n) is 8.16. The minimum atomic E-state index is -0.427. The molecule has 0 aliphatic rings. The number of amides is 1. The second-order valence-electron chi connectivity index (χ2n) is 5.66. The normalized spacial score (nSPS) is 10.5. The average molecular weight is 352 g/mol. The van der Waals surface area contributed by atoms with Crippen molar-refractivity contribution >= 4 is 22.4 Å². The number of carbonyl (C=O) groups excluding carboxylic acids is 1. The van der Waals surface area contributed by atoms with Crippen molar-refractivity contribution < 1.29 is 19.4 Å². The zero-order valence-electron chi connectivity index (χ0n) is 14.4. The first-order valence-corrected chi connectivity index (χ1v) is 8.16. The fourth-order valence-electron chi connectivity index (χ4n) is 2.65. The first kappa shape index (κ1) is 17.6. The van der Waals surface area contributed by atoms with E-state index in [1.807, 2.05) is 30.3 Å². The number of carbonyl (C=O) groups is 1. The molecule has 0 fully saturated rings. The number of hydrogen-bond donors (Lipinski definition) is 3. The van der Waals surface area contributed by atoms with Gasteiger partial charge in [0.25, 0.3) is 5.91 Å². The monoisotopic (exact) mass is 352 g/mol. The number of ether oxygens (including phenoxy) is 2. The van der Waals surface area contributed by atoms with E-state index in [0.717, 1.165) is 16.5 Å². The number of nitrogens with two attached hydrogens (primary N) is 1. The van der Waals surface area contributed by atoms with Gasteiger partial charge in [-0.3, -0.25) is 4.79 Å². The quantitative estimate of drug-likeness (QED) is 0.634. The lowest BCUT2D eigenvalue weighted by molar-refractivity contribution is 0.102. The van der Waals surface area contributed by atoms with Crippen molar-refractivity contribution in [2.24, 2.45) is 5.73 Å². The summed E-state index contributed by atoms with van der Waals surface area (Å²) in [6, 6.07) is 15.7. The molecule has 0 unspecified atom stereocenters. The third-order valence-corrected chi connectivity index (χ3v) is 3.94. The average Bonchev–Trinajstić information content (AvgIpc) is 2.67. The molecule has 6 heteroatoms. The van der Waals surface area contributed by atoms with Gasteiger partial charge in [-0.25, -0.2) is 0 Å². The van der Waals surface area contributed by atoms with Crippen LogP contribution in [0.15, 0.2) is 54.6 Å². The summed E-state index contributed by atoms with van der Waals surface area (Å²) in [5.41, 5.74) is 6.19. The number of nitrogens with one attached hydrogen (secondary N) is 1. The lowest BCUT2D eigenvalue weighted by Gasteiger charge is -2.12. The zero-order valence-corrected chi connectivity index (χ0v) is 14.4. The van der Waals surface area contributed by atoms with Crippen LogP contribution >= 0.6 is 0 Å². The maximum absolute atomic E-state index is 12.7. The minimum Gasteiger partial charge on any atom is -0.507 e. The van der Waals surface area contributed by atoms with Crippen LogP contribution in [0.5, 0.6) is 17.2 Å².